The van der Waals surface area contributed by atoms with Crippen LogP contribution in [-0.4, -0.2) is 16.8 Å². The van der Waals surface area contributed by atoms with Gasteiger partial charge < -0.3 is 15.9 Å². The number of phenolic OH excluding ortho intramolecular Hbond substituents is 2. The second kappa shape index (κ2) is 3.62. The maximum atomic E-state index is 12.9. The first-order chi connectivity index (χ1) is 6.07. The van der Waals surface area contributed by atoms with Gasteiger partial charge in [-0.1, -0.05) is 13.0 Å². The van der Waals surface area contributed by atoms with Crippen molar-refractivity contribution in [1.29, 1.82) is 0 Å². The van der Waals surface area contributed by atoms with Gasteiger partial charge >= 0.3 is 0 Å². The van der Waals surface area contributed by atoms with Gasteiger partial charge in [-0.05, 0) is 18.5 Å². The minimum Gasteiger partial charge on any atom is -0.505 e. The van der Waals surface area contributed by atoms with Gasteiger partial charge in [0, 0.05) is 5.56 Å². The standard InChI is InChI=1S/C9H12FNO2/c1-5(4-11)6-2-3-7(12)8(10)9(6)13/h2-3,5,12-13H,4,11H2,1H3. The number of phenols is 2. The van der Waals surface area contributed by atoms with Crippen LogP contribution in [0.15, 0.2) is 12.1 Å². The minimum atomic E-state index is -0.988. The lowest BCUT2D eigenvalue weighted by atomic mass is 10.00. The highest BCUT2D eigenvalue weighted by atomic mass is 19.1. The lowest BCUT2D eigenvalue weighted by molar-refractivity contribution is 0.383. The van der Waals surface area contributed by atoms with Crippen LogP contribution in [0.1, 0.15) is 18.4 Å². The van der Waals surface area contributed by atoms with Crippen LogP contribution in [-0.2, 0) is 0 Å². The molecule has 1 atom stereocenters. The van der Waals surface area contributed by atoms with Crippen molar-refractivity contribution >= 4 is 0 Å². The van der Waals surface area contributed by atoms with Crippen molar-refractivity contribution in [3.05, 3.63) is 23.5 Å². The first-order valence-electron chi connectivity index (χ1n) is 3.98. The van der Waals surface area contributed by atoms with Crippen LogP contribution >= 0.6 is 0 Å². The molecule has 1 aromatic rings. The summed E-state index contributed by atoms with van der Waals surface area (Å²) in [6.45, 7) is 2.09. The Kier molecular flexibility index (Phi) is 2.72. The second-order valence-corrected chi connectivity index (χ2v) is 2.97. The van der Waals surface area contributed by atoms with Crippen LogP contribution in [0.5, 0.6) is 11.5 Å². The van der Waals surface area contributed by atoms with Crippen LogP contribution in [0.3, 0.4) is 0 Å². The molecule has 3 nitrogen and oxygen atoms in total. The summed E-state index contributed by atoms with van der Waals surface area (Å²) in [7, 11) is 0. The summed E-state index contributed by atoms with van der Waals surface area (Å²) >= 11 is 0. The molecule has 0 amide bonds. The summed E-state index contributed by atoms with van der Waals surface area (Å²) in [4.78, 5) is 0. The molecule has 0 radical (unpaired) electrons. The molecule has 1 aromatic carbocycles. The molecule has 13 heavy (non-hydrogen) atoms. The number of rotatable bonds is 2. The lowest BCUT2D eigenvalue weighted by Crippen LogP contribution is -2.09. The maximum absolute atomic E-state index is 12.9. The van der Waals surface area contributed by atoms with Gasteiger partial charge in [0.1, 0.15) is 0 Å². The van der Waals surface area contributed by atoms with Gasteiger partial charge in [0.05, 0.1) is 0 Å². The van der Waals surface area contributed by atoms with Gasteiger partial charge in [0.25, 0.3) is 0 Å². The Hall–Kier alpha value is -1.29. The predicted molar refractivity (Wildman–Crippen MR) is 47.2 cm³/mol. The number of hydrogen-bond acceptors (Lipinski definition) is 3. The quantitative estimate of drug-likeness (QED) is 0.650. The van der Waals surface area contributed by atoms with Gasteiger partial charge in [-0.15, -0.1) is 0 Å². The zero-order valence-corrected chi connectivity index (χ0v) is 7.29. The van der Waals surface area contributed by atoms with E-state index < -0.39 is 17.3 Å². The number of hydrogen-bond donors (Lipinski definition) is 3. The van der Waals surface area contributed by atoms with Gasteiger partial charge in [0.15, 0.2) is 11.5 Å². The van der Waals surface area contributed by atoms with Crippen LogP contribution in [0, 0.1) is 5.82 Å². The second-order valence-electron chi connectivity index (χ2n) is 2.97. The van der Waals surface area contributed by atoms with Crippen molar-refractivity contribution in [1.82, 2.24) is 0 Å². The molecule has 4 N–H and O–H groups in total. The predicted octanol–water partition coefficient (Wildman–Crippen LogP) is 1.30. The minimum absolute atomic E-state index is 0.130. The smallest absolute Gasteiger partial charge is 0.206 e. The van der Waals surface area contributed by atoms with E-state index in [2.05, 4.69) is 0 Å². The van der Waals surface area contributed by atoms with E-state index in [-0.39, 0.29) is 5.92 Å². The summed E-state index contributed by atoms with van der Waals surface area (Å²) in [5, 5.41) is 18.2. The van der Waals surface area contributed by atoms with Crippen LogP contribution in [0.4, 0.5) is 4.39 Å². The Morgan fingerprint density at radius 2 is 2.08 bits per heavy atom. The Bertz CT molecular complexity index is 315. The van der Waals surface area contributed by atoms with E-state index in [4.69, 9.17) is 10.8 Å². The van der Waals surface area contributed by atoms with Crippen LogP contribution in [0.2, 0.25) is 0 Å². The van der Waals surface area contributed by atoms with Crippen molar-refractivity contribution in [3.8, 4) is 11.5 Å². The summed E-state index contributed by atoms with van der Waals surface area (Å²) in [5.74, 6) is -2.18. The monoisotopic (exact) mass is 185 g/mol. The normalized spacial score (nSPS) is 12.8. The van der Waals surface area contributed by atoms with Crippen LogP contribution < -0.4 is 5.73 Å². The van der Waals surface area contributed by atoms with Gasteiger partial charge in [-0.3, -0.25) is 0 Å². The molecule has 0 aliphatic carbocycles. The molecule has 4 heteroatoms. The molecule has 0 bridgehead atoms. The third kappa shape index (κ3) is 1.72. The third-order valence-corrected chi connectivity index (χ3v) is 2.01. The average molecular weight is 185 g/mol. The highest BCUT2D eigenvalue weighted by Gasteiger charge is 2.15. The topological polar surface area (TPSA) is 66.5 Å². The van der Waals surface area contributed by atoms with Crippen molar-refractivity contribution in [2.75, 3.05) is 6.54 Å². The molecule has 0 aliphatic rings. The lowest BCUT2D eigenvalue weighted by Gasteiger charge is -2.11. The van der Waals surface area contributed by atoms with E-state index in [0.29, 0.717) is 12.1 Å². The Balaban J connectivity index is 3.18. The number of benzene rings is 1. The maximum Gasteiger partial charge on any atom is 0.206 e. The number of nitrogens with two attached hydrogens (primary N) is 1. The number of aromatic hydroxyl groups is 2. The zero-order valence-electron chi connectivity index (χ0n) is 7.29. The molecule has 0 saturated heterocycles. The number of halogens is 1. The van der Waals surface area contributed by atoms with Crippen molar-refractivity contribution < 1.29 is 14.6 Å². The fraction of sp³-hybridized carbons (Fsp3) is 0.333. The van der Waals surface area contributed by atoms with Gasteiger partial charge in [-0.25, -0.2) is 0 Å². The third-order valence-electron chi connectivity index (χ3n) is 2.01. The summed E-state index contributed by atoms with van der Waals surface area (Å²) in [5.41, 5.74) is 5.78. The van der Waals surface area contributed by atoms with E-state index in [1.807, 2.05) is 0 Å². The Morgan fingerprint density at radius 3 is 2.62 bits per heavy atom. The van der Waals surface area contributed by atoms with E-state index in [1.54, 1.807) is 6.92 Å². The highest BCUT2D eigenvalue weighted by molar-refractivity contribution is 5.42. The Morgan fingerprint density at radius 1 is 1.46 bits per heavy atom. The molecule has 0 spiro atoms. The summed E-state index contributed by atoms with van der Waals surface area (Å²) < 4.78 is 12.9. The van der Waals surface area contributed by atoms with E-state index in [0.717, 1.165) is 0 Å². The first-order valence-corrected chi connectivity index (χ1v) is 3.98. The molecular formula is C9H12FNO2. The summed E-state index contributed by atoms with van der Waals surface area (Å²) in [6, 6.07) is 2.67. The van der Waals surface area contributed by atoms with Crippen molar-refractivity contribution in [3.63, 3.8) is 0 Å². The zero-order chi connectivity index (χ0) is 10.0. The molecular weight excluding hydrogens is 173 g/mol. The molecule has 0 saturated carbocycles. The first kappa shape index (κ1) is 9.80. The largest absolute Gasteiger partial charge is 0.505 e. The van der Waals surface area contributed by atoms with E-state index >= 15 is 0 Å². The summed E-state index contributed by atoms with van der Waals surface area (Å²) in [6.07, 6.45) is 0. The average Bonchev–Trinajstić information content (AvgIpc) is 2.13. The SMILES string of the molecule is CC(CN)c1ccc(O)c(F)c1O. The van der Waals surface area contributed by atoms with Gasteiger partial charge in [-0.2, -0.15) is 4.39 Å². The fourth-order valence-corrected chi connectivity index (χ4v) is 1.09. The molecule has 1 unspecified atom stereocenters. The highest BCUT2D eigenvalue weighted by Crippen LogP contribution is 2.32. The Labute approximate surface area is 75.6 Å². The molecule has 0 aliphatic heterocycles. The molecule has 72 valence electrons. The fourth-order valence-electron chi connectivity index (χ4n) is 1.09. The van der Waals surface area contributed by atoms with Crippen molar-refractivity contribution in [2.45, 2.75) is 12.8 Å². The van der Waals surface area contributed by atoms with E-state index in [1.165, 1.54) is 12.1 Å². The molecule has 1 rings (SSSR count). The van der Waals surface area contributed by atoms with E-state index in [9.17, 15) is 9.50 Å². The molecule has 0 heterocycles. The molecule has 0 aromatic heterocycles. The molecule has 0 fully saturated rings. The van der Waals surface area contributed by atoms with Crippen molar-refractivity contribution in [2.24, 2.45) is 5.73 Å². The van der Waals surface area contributed by atoms with Crippen LogP contribution in [0.25, 0.3) is 0 Å². The van der Waals surface area contributed by atoms with Gasteiger partial charge in [0.2, 0.25) is 5.82 Å².